The van der Waals surface area contributed by atoms with Crippen molar-refractivity contribution in [2.75, 3.05) is 19.5 Å². The van der Waals surface area contributed by atoms with E-state index in [1.54, 1.807) is 25.3 Å². The normalized spacial score (nSPS) is 10.6. The molecule has 23 heavy (non-hydrogen) atoms. The minimum absolute atomic E-state index is 0.295. The number of hydrogen-bond acceptors (Lipinski definition) is 5. The van der Waals surface area contributed by atoms with Gasteiger partial charge in [0.15, 0.2) is 5.13 Å². The molecular weight excluding hydrogens is 380 g/mol. The number of carbonyl (C=O) groups excluding carboxylic acids is 1. The van der Waals surface area contributed by atoms with Gasteiger partial charge in [0, 0.05) is 4.47 Å². The molecule has 0 radical (unpaired) electrons. The van der Waals surface area contributed by atoms with Crippen molar-refractivity contribution in [3.05, 3.63) is 46.4 Å². The predicted octanol–water partition coefficient (Wildman–Crippen LogP) is 4.33. The maximum Gasteiger partial charge on any atom is 0.261 e. The number of para-hydroxylation sites is 1. The Kier molecular flexibility index (Phi) is 4.49. The number of benzene rings is 2. The smallest absolute Gasteiger partial charge is 0.261 e. The van der Waals surface area contributed by atoms with Crippen LogP contribution in [0.25, 0.3) is 10.2 Å². The van der Waals surface area contributed by atoms with Crippen molar-refractivity contribution < 1.29 is 14.3 Å². The van der Waals surface area contributed by atoms with Crippen LogP contribution in [-0.2, 0) is 0 Å². The zero-order valence-electron chi connectivity index (χ0n) is 12.4. The molecule has 7 heteroatoms. The SMILES string of the molecule is COc1ccc(OC)c(C(=O)Nc2nc3c(Br)cccc3s2)c1. The summed E-state index contributed by atoms with van der Waals surface area (Å²) >= 11 is 4.87. The third-order valence-corrected chi connectivity index (χ3v) is 4.82. The first-order valence-corrected chi connectivity index (χ1v) is 8.31. The van der Waals surface area contributed by atoms with Gasteiger partial charge in [-0.1, -0.05) is 17.4 Å². The molecule has 1 aromatic heterocycles. The summed E-state index contributed by atoms with van der Waals surface area (Å²) in [5, 5.41) is 3.34. The van der Waals surface area contributed by atoms with Crippen LogP contribution in [0.3, 0.4) is 0 Å². The summed E-state index contributed by atoms with van der Waals surface area (Å²) in [7, 11) is 3.07. The Hall–Kier alpha value is -2.12. The summed E-state index contributed by atoms with van der Waals surface area (Å²) in [4.78, 5) is 17.0. The second-order valence-corrected chi connectivity index (χ2v) is 6.51. The van der Waals surface area contributed by atoms with Crippen LogP contribution < -0.4 is 14.8 Å². The molecule has 0 aliphatic rings. The van der Waals surface area contributed by atoms with Gasteiger partial charge in [-0.25, -0.2) is 4.98 Å². The van der Waals surface area contributed by atoms with Crippen molar-refractivity contribution in [3.63, 3.8) is 0 Å². The molecule has 3 rings (SSSR count). The van der Waals surface area contributed by atoms with E-state index < -0.39 is 0 Å². The van der Waals surface area contributed by atoms with Crippen molar-refractivity contribution in [2.24, 2.45) is 0 Å². The molecule has 0 spiro atoms. The molecular formula is C16H13BrN2O3S. The third kappa shape index (κ3) is 3.16. The lowest BCUT2D eigenvalue weighted by molar-refractivity contribution is 0.102. The summed E-state index contributed by atoms with van der Waals surface area (Å²) in [5.74, 6) is 0.768. The molecule has 0 fully saturated rings. The van der Waals surface area contributed by atoms with Gasteiger partial charge in [0.25, 0.3) is 5.91 Å². The topological polar surface area (TPSA) is 60.5 Å². The van der Waals surface area contributed by atoms with Gasteiger partial charge in [-0.15, -0.1) is 0 Å². The fraction of sp³-hybridized carbons (Fsp3) is 0.125. The number of carbonyl (C=O) groups is 1. The number of thiazole rings is 1. The lowest BCUT2D eigenvalue weighted by Crippen LogP contribution is -2.13. The molecule has 0 unspecified atom stereocenters. The van der Waals surface area contributed by atoms with E-state index in [9.17, 15) is 4.79 Å². The van der Waals surface area contributed by atoms with Crippen molar-refractivity contribution in [3.8, 4) is 11.5 Å². The van der Waals surface area contributed by atoms with Gasteiger partial charge < -0.3 is 9.47 Å². The predicted molar refractivity (Wildman–Crippen MR) is 94.8 cm³/mol. The number of hydrogen-bond donors (Lipinski definition) is 1. The highest BCUT2D eigenvalue weighted by atomic mass is 79.9. The first-order chi connectivity index (χ1) is 11.1. The highest BCUT2D eigenvalue weighted by molar-refractivity contribution is 9.10. The zero-order valence-corrected chi connectivity index (χ0v) is 14.8. The fourth-order valence-corrected chi connectivity index (χ4v) is 3.60. The molecule has 1 amide bonds. The van der Waals surface area contributed by atoms with E-state index in [0.29, 0.717) is 22.2 Å². The van der Waals surface area contributed by atoms with Crippen LogP contribution in [0.4, 0.5) is 5.13 Å². The fourth-order valence-electron chi connectivity index (χ4n) is 2.12. The average Bonchev–Trinajstić information content (AvgIpc) is 2.98. The van der Waals surface area contributed by atoms with E-state index in [1.165, 1.54) is 18.4 Å². The Morgan fingerprint density at radius 3 is 2.74 bits per heavy atom. The summed E-state index contributed by atoms with van der Waals surface area (Å²) in [6, 6.07) is 10.9. The number of nitrogens with one attached hydrogen (secondary N) is 1. The number of ether oxygens (including phenoxy) is 2. The van der Waals surface area contributed by atoms with E-state index in [4.69, 9.17) is 9.47 Å². The van der Waals surface area contributed by atoms with Crippen LogP contribution >= 0.6 is 27.3 Å². The van der Waals surface area contributed by atoms with Crippen molar-refractivity contribution in [1.29, 1.82) is 0 Å². The Bertz CT molecular complexity index is 879. The van der Waals surface area contributed by atoms with Crippen LogP contribution in [0, 0.1) is 0 Å². The van der Waals surface area contributed by atoms with E-state index in [0.717, 1.165) is 14.7 Å². The lowest BCUT2D eigenvalue weighted by atomic mass is 10.2. The molecule has 5 nitrogen and oxygen atoms in total. The Morgan fingerprint density at radius 1 is 1.22 bits per heavy atom. The van der Waals surface area contributed by atoms with Crippen molar-refractivity contribution in [1.82, 2.24) is 4.98 Å². The molecule has 0 aliphatic heterocycles. The van der Waals surface area contributed by atoms with Crippen molar-refractivity contribution in [2.45, 2.75) is 0 Å². The van der Waals surface area contributed by atoms with Gasteiger partial charge in [0.1, 0.15) is 11.5 Å². The lowest BCUT2D eigenvalue weighted by Gasteiger charge is -2.09. The van der Waals surface area contributed by atoms with Gasteiger partial charge in [0.2, 0.25) is 0 Å². The van der Waals surface area contributed by atoms with Crippen LogP contribution in [0.15, 0.2) is 40.9 Å². The monoisotopic (exact) mass is 392 g/mol. The van der Waals surface area contributed by atoms with Gasteiger partial charge in [0.05, 0.1) is 30.0 Å². The quantitative estimate of drug-likeness (QED) is 0.717. The molecule has 0 aliphatic carbocycles. The molecule has 0 saturated heterocycles. The molecule has 1 N–H and O–H groups in total. The van der Waals surface area contributed by atoms with E-state index >= 15 is 0 Å². The maximum absolute atomic E-state index is 12.5. The molecule has 0 atom stereocenters. The highest BCUT2D eigenvalue weighted by Gasteiger charge is 2.16. The number of nitrogens with zero attached hydrogens (tertiary/aromatic N) is 1. The van der Waals surface area contributed by atoms with Crippen LogP contribution in [0.2, 0.25) is 0 Å². The van der Waals surface area contributed by atoms with Gasteiger partial charge in [-0.2, -0.15) is 0 Å². The number of aromatic nitrogens is 1. The van der Waals surface area contributed by atoms with Crippen LogP contribution in [0.5, 0.6) is 11.5 Å². The van der Waals surface area contributed by atoms with Gasteiger partial charge in [-0.3, -0.25) is 10.1 Å². The molecule has 2 aromatic carbocycles. The Labute approximate surface area is 145 Å². The second kappa shape index (κ2) is 6.55. The van der Waals surface area contributed by atoms with E-state index in [-0.39, 0.29) is 5.91 Å². The van der Waals surface area contributed by atoms with Crippen LogP contribution in [0.1, 0.15) is 10.4 Å². The van der Waals surface area contributed by atoms with E-state index in [2.05, 4.69) is 26.2 Å². The summed E-state index contributed by atoms with van der Waals surface area (Å²) in [6.45, 7) is 0. The van der Waals surface area contributed by atoms with Crippen molar-refractivity contribution >= 4 is 48.5 Å². The molecule has 118 valence electrons. The maximum atomic E-state index is 12.5. The summed E-state index contributed by atoms with van der Waals surface area (Å²) in [6.07, 6.45) is 0. The molecule has 1 heterocycles. The first-order valence-electron chi connectivity index (χ1n) is 6.71. The zero-order chi connectivity index (χ0) is 16.4. The molecule has 0 saturated carbocycles. The van der Waals surface area contributed by atoms with Gasteiger partial charge >= 0.3 is 0 Å². The minimum atomic E-state index is -0.295. The van der Waals surface area contributed by atoms with E-state index in [1.807, 2.05) is 18.2 Å². The Balaban J connectivity index is 1.92. The van der Waals surface area contributed by atoms with Gasteiger partial charge in [-0.05, 0) is 46.3 Å². The number of anilines is 1. The number of halogens is 1. The highest BCUT2D eigenvalue weighted by Crippen LogP contribution is 2.32. The third-order valence-electron chi connectivity index (χ3n) is 3.24. The molecule has 3 aromatic rings. The largest absolute Gasteiger partial charge is 0.497 e. The minimum Gasteiger partial charge on any atom is -0.497 e. The number of methoxy groups -OCH3 is 2. The first kappa shape index (κ1) is 15.8. The Morgan fingerprint density at radius 2 is 2.04 bits per heavy atom. The van der Waals surface area contributed by atoms with Crippen LogP contribution in [-0.4, -0.2) is 25.1 Å². The summed E-state index contributed by atoms with van der Waals surface area (Å²) in [5.41, 5.74) is 1.22. The number of fused-ring (bicyclic) bond motifs is 1. The average molecular weight is 393 g/mol. The standard InChI is InChI=1S/C16H13BrN2O3S/c1-21-9-6-7-12(22-2)10(8-9)15(20)19-16-18-14-11(17)4-3-5-13(14)23-16/h3-8H,1-2H3,(H,18,19,20). The summed E-state index contributed by atoms with van der Waals surface area (Å²) < 4.78 is 12.3. The number of rotatable bonds is 4. The molecule has 0 bridgehead atoms. The second-order valence-electron chi connectivity index (χ2n) is 4.63. The number of amides is 1.